The van der Waals surface area contributed by atoms with Crippen LogP contribution in [0.15, 0.2) is 52.3 Å². The van der Waals surface area contributed by atoms with Gasteiger partial charge in [0, 0.05) is 18.8 Å². The van der Waals surface area contributed by atoms with Crippen molar-refractivity contribution in [2.24, 2.45) is 5.14 Å². The van der Waals surface area contributed by atoms with E-state index in [0.717, 1.165) is 24.6 Å². The van der Waals surface area contributed by atoms with E-state index in [1.165, 1.54) is 28.6 Å². The first-order valence-corrected chi connectivity index (χ1v) is 12.9. The van der Waals surface area contributed by atoms with Crippen LogP contribution in [0.1, 0.15) is 29.6 Å². The number of carbonyl (C=O) groups excluding carboxylic acids is 2. The molecule has 2 aromatic carbocycles. The third kappa shape index (κ3) is 6.13. The molecule has 0 unspecified atom stereocenters. The quantitative estimate of drug-likeness (QED) is 0.547. The van der Waals surface area contributed by atoms with Gasteiger partial charge in [0.05, 0.1) is 10.5 Å². The van der Waals surface area contributed by atoms with Crippen LogP contribution in [-0.2, 0) is 29.6 Å². The highest BCUT2D eigenvalue weighted by Gasteiger charge is 2.29. The number of nitrogens with zero attached hydrogens (tertiary/aromatic N) is 1. The maximum atomic E-state index is 14.3. The number of halogens is 1. The highest BCUT2D eigenvalue weighted by Crippen LogP contribution is 2.24. The predicted molar refractivity (Wildman–Crippen MR) is 116 cm³/mol. The fourth-order valence-corrected chi connectivity index (χ4v) is 5.33. The molecule has 178 valence electrons. The molecule has 1 saturated heterocycles. The van der Waals surface area contributed by atoms with Crippen LogP contribution in [0.3, 0.4) is 0 Å². The molecule has 10 nitrogen and oxygen atoms in total. The number of anilines is 1. The van der Waals surface area contributed by atoms with E-state index in [4.69, 9.17) is 9.88 Å². The largest absolute Gasteiger partial charge is 0.452 e. The number of hydrogen-bond donors (Lipinski definition) is 2. The maximum absolute atomic E-state index is 14.3. The zero-order valence-corrected chi connectivity index (χ0v) is 19.0. The summed E-state index contributed by atoms with van der Waals surface area (Å²) in [6, 6.07) is 7.82. The van der Waals surface area contributed by atoms with Crippen molar-refractivity contribution in [2.75, 3.05) is 25.0 Å². The molecule has 0 radical (unpaired) electrons. The van der Waals surface area contributed by atoms with Gasteiger partial charge in [-0.2, -0.15) is 4.31 Å². The SMILES string of the molecule is NS(=O)(=O)c1ccc(NC(=O)COC(=O)c2ccc(F)c(S(=O)(=O)N3CCCCC3)c2)cc1. The van der Waals surface area contributed by atoms with Gasteiger partial charge >= 0.3 is 5.97 Å². The molecule has 1 amide bonds. The molecule has 33 heavy (non-hydrogen) atoms. The Morgan fingerprint density at radius 2 is 1.64 bits per heavy atom. The summed E-state index contributed by atoms with van der Waals surface area (Å²) < 4.78 is 68.4. The Bertz CT molecular complexity index is 1260. The van der Waals surface area contributed by atoms with Gasteiger partial charge in [0.1, 0.15) is 10.7 Å². The lowest BCUT2D eigenvalue weighted by atomic mass is 10.2. The molecule has 1 aliphatic heterocycles. The monoisotopic (exact) mass is 499 g/mol. The number of primary sulfonamides is 1. The van der Waals surface area contributed by atoms with Crippen molar-refractivity contribution < 1.29 is 35.6 Å². The molecule has 0 saturated carbocycles. The highest BCUT2D eigenvalue weighted by atomic mass is 32.2. The summed E-state index contributed by atoms with van der Waals surface area (Å²) in [4.78, 5) is 23.6. The van der Waals surface area contributed by atoms with E-state index in [9.17, 15) is 30.8 Å². The Labute approximate surface area is 190 Å². The molecular weight excluding hydrogens is 477 g/mol. The number of hydrogen-bond acceptors (Lipinski definition) is 7. The van der Waals surface area contributed by atoms with Crippen LogP contribution in [0.25, 0.3) is 0 Å². The Kier molecular flexibility index (Phi) is 7.47. The average molecular weight is 500 g/mol. The topological polar surface area (TPSA) is 153 Å². The van der Waals surface area contributed by atoms with E-state index in [2.05, 4.69) is 5.32 Å². The minimum atomic E-state index is -4.12. The molecule has 2 aromatic rings. The predicted octanol–water partition coefficient (Wildman–Crippen LogP) is 1.44. The molecule has 0 bridgehead atoms. The smallest absolute Gasteiger partial charge is 0.338 e. The summed E-state index contributed by atoms with van der Waals surface area (Å²) >= 11 is 0. The second kappa shape index (κ2) is 9.95. The van der Waals surface area contributed by atoms with Gasteiger partial charge in [-0.1, -0.05) is 6.42 Å². The van der Waals surface area contributed by atoms with Gasteiger partial charge in [-0.25, -0.2) is 31.2 Å². The number of esters is 1. The minimum absolute atomic E-state index is 0.140. The molecule has 1 aliphatic rings. The first kappa shape index (κ1) is 24.8. The van der Waals surface area contributed by atoms with E-state index < -0.39 is 49.2 Å². The summed E-state index contributed by atoms with van der Waals surface area (Å²) in [7, 11) is -7.99. The Balaban J connectivity index is 1.64. The van der Waals surface area contributed by atoms with Crippen LogP contribution in [0.4, 0.5) is 10.1 Å². The number of benzene rings is 2. The number of carbonyl (C=O) groups is 2. The van der Waals surface area contributed by atoms with E-state index >= 15 is 0 Å². The van der Waals surface area contributed by atoms with Gasteiger partial charge < -0.3 is 10.1 Å². The first-order chi connectivity index (χ1) is 15.5. The van der Waals surface area contributed by atoms with E-state index in [1.807, 2.05) is 0 Å². The molecule has 3 N–H and O–H groups in total. The molecule has 0 aliphatic carbocycles. The molecule has 13 heteroatoms. The Morgan fingerprint density at radius 1 is 1.00 bits per heavy atom. The summed E-state index contributed by atoms with van der Waals surface area (Å²) in [5.74, 6) is -2.72. The van der Waals surface area contributed by atoms with E-state index in [0.29, 0.717) is 12.8 Å². The van der Waals surface area contributed by atoms with E-state index in [-0.39, 0.29) is 29.2 Å². The summed E-state index contributed by atoms with van der Waals surface area (Å²) in [5.41, 5.74) is 0.0115. The zero-order valence-electron chi connectivity index (χ0n) is 17.4. The maximum Gasteiger partial charge on any atom is 0.338 e. The van der Waals surface area contributed by atoms with Crippen LogP contribution in [-0.4, -0.2) is 52.7 Å². The third-order valence-electron chi connectivity index (χ3n) is 4.90. The fraction of sp³-hybridized carbons (Fsp3) is 0.300. The number of piperidine rings is 1. The lowest BCUT2D eigenvalue weighted by Crippen LogP contribution is -2.36. The lowest BCUT2D eigenvalue weighted by Gasteiger charge is -2.26. The average Bonchev–Trinajstić information content (AvgIpc) is 2.78. The zero-order chi connectivity index (χ0) is 24.2. The van der Waals surface area contributed by atoms with Crippen molar-refractivity contribution >= 4 is 37.6 Å². The lowest BCUT2D eigenvalue weighted by molar-refractivity contribution is -0.119. The Morgan fingerprint density at radius 3 is 2.24 bits per heavy atom. The van der Waals surface area contributed by atoms with Crippen LogP contribution in [0.2, 0.25) is 0 Å². The molecule has 1 heterocycles. The molecule has 0 aromatic heterocycles. The second-order valence-electron chi connectivity index (χ2n) is 7.30. The summed E-state index contributed by atoms with van der Waals surface area (Å²) in [5, 5.41) is 7.40. The number of ether oxygens (including phenoxy) is 1. The van der Waals surface area contributed by atoms with Crippen LogP contribution >= 0.6 is 0 Å². The van der Waals surface area contributed by atoms with Crippen molar-refractivity contribution in [1.29, 1.82) is 0 Å². The second-order valence-corrected chi connectivity index (χ2v) is 10.8. The summed E-state index contributed by atoms with van der Waals surface area (Å²) in [6.07, 6.45) is 2.23. The van der Waals surface area contributed by atoms with Gasteiger partial charge in [0.25, 0.3) is 5.91 Å². The Hall–Kier alpha value is -2.87. The highest BCUT2D eigenvalue weighted by molar-refractivity contribution is 7.89. The standard InChI is InChI=1S/C20H22FN3O7S2/c21-17-9-4-14(12-18(17)33(29,30)24-10-2-1-3-11-24)20(26)31-13-19(25)23-15-5-7-16(8-6-15)32(22,27)28/h4-9,12H,1-3,10-11,13H2,(H,23,25)(H2,22,27,28). The van der Waals surface area contributed by atoms with Gasteiger partial charge in [0.15, 0.2) is 6.61 Å². The normalized spacial score (nSPS) is 15.1. The van der Waals surface area contributed by atoms with Crippen LogP contribution in [0.5, 0.6) is 0 Å². The van der Waals surface area contributed by atoms with E-state index in [1.54, 1.807) is 0 Å². The number of amides is 1. The van der Waals surface area contributed by atoms with Gasteiger partial charge in [-0.05, 0) is 55.3 Å². The van der Waals surface area contributed by atoms with Gasteiger partial charge in [-0.15, -0.1) is 0 Å². The van der Waals surface area contributed by atoms with Crippen molar-refractivity contribution in [3.8, 4) is 0 Å². The van der Waals surface area contributed by atoms with Crippen LogP contribution in [0, 0.1) is 5.82 Å². The fourth-order valence-electron chi connectivity index (χ4n) is 3.21. The van der Waals surface area contributed by atoms with Crippen molar-refractivity contribution in [3.63, 3.8) is 0 Å². The number of nitrogens with two attached hydrogens (primary N) is 1. The van der Waals surface area contributed by atoms with Gasteiger partial charge in [-0.3, -0.25) is 4.79 Å². The number of rotatable bonds is 7. The summed E-state index contributed by atoms with van der Waals surface area (Å²) in [6.45, 7) is -0.162. The minimum Gasteiger partial charge on any atom is -0.452 e. The molecule has 0 spiro atoms. The van der Waals surface area contributed by atoms with Crippen molar-refractivity contribution in [2.45, 2.75) is 29.1 Å². The van der Waals surface area contributed by atoms with Crippen molar-refractivity contribution in [1.82, 2.24) is 4.31 Å². The molecule has 1 fully saturated rings. The van der Waals surface area contributed by atoms with Crippen LogP contribution < -0.4 is 10.5 Å². The number of nitrogens with one attached hydrogen (secondary N) is 1. The third-order valence-corrected chi connectivity index (χ3v) is 7.74. The van der Waals surface area contributed by atoms with Crippen molar-refractivity contribution in [3.05, 3.63) is 53.8 Å². The molecule has 0 atom stereocenters. The molecule has 3 rings (SSSR count). The first-order valence-electron chi connectivity index (χ1n) is 9.88. The van der Waals surface area contributed by atoms with Gasteiger partial charge in [0.2, 0.25) is 20.0 Å². The number of sulfonamides is 2. The molecular formula is C20H22FN3O7S2.